The van der Waals surface area contributed by atoms with Crippen LogP contribution in [0.15, 0.2) is 4.99 Å². The molecule has 0 amide bonds. The van der Waals surface area contributed by atoms with Gasteiger partial charge in [-0.1, -0.05) is 0 Å². The molecule has 1 saturated carbocycles. The van der Waals surface area contributed by atoms with Gasteiger partial charge in [-0.25, -0.2) is 5.84 Å². The molecule has 0 aromatic carbocycles. The summed E-state index contributed by atoms with van der Waals surface area (Å²) in [6.45, 7) is 5.81. The van der Waals surface area contributed by atoms with Crippen LogP contribution in [0.3, 0.4) is 0 Å². The number of rotatable bonds is 1. The zero-order valence-electron chi connectivity index (χ0n) is 11.1. The van der Waals surface area contributed by atoms with Crippen LogP contribution < -0.4 is 11.3 Å². The quantitative estimate of drug-likeness (QED) is 0.331. The molecule has 1 fully saturated rings. The molecule has 0 aromatic heterocycles. The fourth-order valence-electron chi connectivity index (χ4n) is 2.30. The van der Waals surface area contributed by atoms with E-state index >= 15 is 0 Å². The van der Waals surface area contributed by atoms with Gasteiger partial charge in [-0.15, -0.1) is 0 Å². The Balaban J connectivity index is 2.64. The van der Waals surface area contributed by atoms with Gasteiger partial charge in [0.25, 0.3) is 0 Å². The summed E-state index contributed by atoms with van der Waals surface area (Å²) < 4.78 is 37.7. The largest absolute Gasteiger partial charge is 0.391 e. The van der Waals surface area contributed by atoms with Crippen molar-refractivity contribution in [3.8, 4) is 0 Å². The number of hydrazine groups is 1. The van der Waals surface area contributed by atoms with Crippen molar-refractivity contribution in [2.24, 2.45) is 22.7 Å². The molecule has 18 heavy (non-hydrogen) atoms. The molecule has 1 aliphatic carbocycles. The highest BCUT2D eigenvalue weighted by Crippen LogP contribution is 2.39. The van der Waals surface area contributed by atoms with Crippen molar-refractivity contribution >= 4 is 5.84 Å². The molecule has 3 N–H and O–H groups in total. The highest BCUT2D eigenvalue weighted by atomic mass is 19.4. The van der Waals surface area contributed by atoms with Crippen molar-refractivity contribution < 1.29 is 13.2 Å². The Morgan fingerprint density at radius 2 is 1.61 bits per heavy atom. The van der Waals surface area contributed by atoms with Crippen molar-refractivity contribution in [1.29, 1.82) is 0 Å². The van der Waals surface area contributed by atoms with Gasteiger partial charge in [0.05, 0.1) is 11.5 Å². The minimum Gasteiger partial charge on any atom is -0.312 e. The third-order valence-corrected chi connectivity index (χ3v) is 3.18. The third kappa shape index (κ3) is 4.48. The Labute approximate surface area is 106 Å². The van der Waals surface area contributed by atoms with Gasteiger partial charge in [-0.3, -0.25) is 4.99 Å². The maximum atomic E-state index is 12.6. The van der Waals surface area contributed by atoms with Gasteiger partial charge in [0, 0.05) is 5.92 Å². The summed E-state index contributed by atoms with van der Waals surface area (Å²) in [4.78, 5) is 4.44. The van der Waals surface area contributed by atoms with E-state index in [1.165, 1.54) is 0 Å². The second-order valence-corrected chi connectivity index (χ2v) is 5.90. The number of amidine groups is 1. The van der Waals surface area contributed by atoms with Crippen LogP contribution in [-0.4, -0.2) is 17.6 Å². The molecule has 0 aromatic rings. The molecule has 106 valence electrons. The second kappa shape index (κ2) is 5.47. The van der Waals surface area contributed by atoms with Crippen LogP contribution in [-0.2, 0) is 0 Å². The van der Waals surface area contributed by atoms with Crippen LogP contribution in [0.25, 0.3) is 0 Å². The summed E-state index contributed by atoms with van der Waals surface area (Å²) in [5, 5.41) is 0. The first-order valence-corrected chi connectivity index (χ1v) is 6.26. The molecule has 0 atom stereocenters. The molecular weight excluding hydrogens is 243 g/mol. The van der Waals surface area contributed by atoms with Gasteiger partial charge in [0.2, 0.25) is 0 Å². The second-order valence-electron chi connectivity index (χ2n) is 5.90. The van der Waals surface area contributed by atoms with Gasteiger partial charge >= 0.3 is 6.18 Å². The molecule has 0 unspecified atom stereocenters. The van der Waals surface area contributed by atoms with Crippen molar-refractivity contribution in [2.75, 3.05) is 0 Å². The Morgan fingerprint density at radius 3 is 1.94 bits per heavy atom. The predicted molar refractivity (Wildman–Crippen MR) is 66.0 cm³/mol. The topological polar surface area (TPSA) is 50.4 Å². The summed E-state index contributed by atoms with van der Waals surface area (Å²) >= 11 is 0. The summed E-state index contributed by atoms with van der Waals surface area (Å²) in [6, 6.07) is 0. The van der Waals surface area contributed by atoms with Gasteiger partial charge in [-0.2, -0.15) is 13.2 Å². The van der Waals surface area contributed by atoms with Crippen molar-refractivity contribution in [2.45, 2.75) is 58.2 Å². The number of nitrogens with two attached hydrogens (primary N) is 1. The molecule has 0 heterocycles. The van der Waals surface area contributed by atoms with Crippen LogP contribution in [0.1, 0.15) is 46.5 Å². The first-order chi connectivity index (χ1) is 8.13. The lowest BCUT2D eigenvalue weighted by Gasteiger charge is -2.31. The highest BCUT2D eigenvalue weighted by molar-refractivity contribution is 5.84. The lowest BCUT2D eigenvalue weighted by molar-refractivity contribution is -0.182. The molecule has 6 heteroatoms. The standard InChI is InChI=1S/C12H22F3N3/c1-11(2,3)17-10(18-16)8-4-6-9(7-5-8)12(13,14)15/h8-9H,4-7,16H2,1-3H3,(H,17,18). The van der Waals surface area contributed by atoms with Gasteiger partial charge in [0.1, 0.15) is 5.84 Å². The summed E-state index contributed by atoms with van der Waals surface area (Å²) in [5.41, 5.74) is 2.28. The predicted octanol–water partition coefficient (Wildman–Crippen LogP) is 3.02. The molecule has 1 rings (SSSR count). The number of nitrogens with zero attached hydrogens (tertiary/aromatic N) is 1. The number of nitrogens with one attached hydrogen (secondary N) is 1. The van der Waals surface area contributed by atoms with Crippen LogP contribution >= 0.6 is 0 Å². The Kier molecular flexibility index (Phi) is 4.64. The zero-order valence-corrected chi connectivity index (χ0v) is 11.1. The van der Waals surface area contributed by atoms with E-state index in [0.717, 1.165) is 0 Å². The maximum Gasteiger partial charge on any atom is 0.391 e. The molecule has 0 radical (unpaired) electrons. The van der Waals surface area contributed by atoms with Crippen molar-refractivity contribution in [3.05, 3.63) is 0 Å². The number of aliphatic imine (C=N–C) groups is 1. The SMILES string of the molecule is CC(C)(C)N=C(NN)C1CCC(C(F)(F)F)CC1. The van der Waals surface area contributed by atoms with E-state index in [-0.39, 0.29) is 24.3 Å². The lowest BCUT2D eigenvalue weighted by Crippen LogP contribution is -2.41. The van der Waals surface area contributed by atoms with E-state index in [0.29, 0.717) is 18.7 Å². The van der Waals surface area contributed by atoms with Crippen LogP contribution in [0.2, 0.25) is 0 Å². The van der Waals surface area contributed by atoms with Crippen molar-refractivity contribution in [3.63, 3.8) is 0 Å². The molecule has 0 saturated heterocycles. The van der Waals surface area contributed by atoms with Gasteiger partial charge in [-0.05, 0) is 46.5 Å². The average Bonchev–Trinajstić information content (AvgIpc) is 2.24. The van der Waals surface area contributed by atoms with E-state index in [4.69, 9.17) is 5.84 Å². The number of alkyl halides is 3. The van der Waals surface area contributed by atoms with E-state index in [9.17, 15) is 13.2 Å². The fourth-order valence-corrected chi connectivity index (χ4v) is 2.30. The summed E-state index contributed by atoms with van der Waals surface area (Å²) in [6.07, 6.45) is -2.76. The maximum absolute atomic E-state index is 12.6. The van der Waals surface area contributed by atoms with Gasteiger partial charge < -0.3 is 5.43 Å². The third-order valence-electron chi connectivity index (χ3n) is 3.18. The highest BCUT2D eigenvalue weighted by Gasteiger charge is 2.42. The van der Waals surface area contributed by atoms with Crippen LogP contribution in [0.4, 0.5) is 13.2 Å². The zero-order chi connectivity index (χ0) is 14.0. The Hall–Kier alpha value is -0.780. The number of hydrogen-bond donors (Lipinski definition) is 2. The minimum absolute atomic E-state index is 0.0211. The molecule has 0 aliphatic heterocycles. The molecule has 0 spiro atoms. The fraction of sp³-hybridized carbons (Fsp3) is 0.917. The van der Waals surface area contributed by atoms with E-state index in [1.54, 1.807) is 0 Å². The molecular formula is C12H22F3N3. The van der Waals surface area contributed by atoms with Crippen LogP contribution in [0, 0.1) is 11.8 Å². The Bertz CT molecular complexity index is 297. The number of halogens is 3. The van der Waals surface area contributed by atoms with Crippen molar-refractivity contribution in [1.82, 2.24) is 5.43 Å². The average molecular weight is 265 g/mol. The first-order valence-electron chi connectivity index (χ1n) is 6.26. The molecule has 0 bridgehead atoms. The minimum atomic E-state index is -4.07. The first kappa shape index (κ1) is 15.3. The monoisotopic (exact) mass is 265 g/mol. The molecule has 1 aliphatic rings. The summed E-state index contributed by atoms with van der Waals surface area (Å²) in [7, 11) is 0. The van der Waals surface area contributed by atoms with E-state index in [1.807, 2.05) is 20.8 Å². The lowest BCUT2D eigenvalue weighted by atomic mass is 9.81. The van der Waals surface area contributed by atoms with Gasteiger partial charge in [0.15, 0.2) is 0 Å². The normalized spacial score (nSPS) is 27.2. The summed E-state index contributed by atoms with van der Waals surface area (Å²) in [5.74, 6) is 4.91. The smallest absolute Gasteiger partial charge is 0.312 e. The van der Waals surface area contributed by atoms with E-state index < -0.39 is 12.1 Å². The van der Waals surface area contributed by atoms with Crippen LogP contribution in [0.5, 0.6) is 0 Å². The molecule has 3 nitrogen and oxygen atoms in total. The van der Waals surface area contributed by atoms with E-state index in [2.05, 4.69) is 10.4 Å². The number of hydrogen-bond acceptors (Lipinski definition) is 2. The Morgan fingerprint density at radius 1 is 1.11 bits per heavy atom.